The van der Waals surface area contributed by atoms with Crippen molar-refractivity contribution in [3.05, 3.63) is 63.0 Å². The van der Waals surface area contributed by atoms with E-state index < -0.39 is 10.0 Å². The van der Waals surface area contributed by atoms with E-state index >= 15 is 0 Å². The highest BCUT2D eigenvalue weighted by Crippen LogP contribution is 2.27. The number of rotatable bonds is 4. The van der Waals surface area contributed by atoms with Crippen LogP contribution in [-0.4, -0.2) is 28.2 Å². The minimum atomic E-state index is -3.65. The number of H-pyrrole nitrogens is 1. The minimum absolute atomic E-state index is 0.267. The molecule has 0 spiro atoms. The lowest BCUT2D eigenvalue weighted by Crippen LogP contribution is -2.13. The van der Waals surface area contributed by atoms with Crippen LogP contribution in [0.15, 0.2) is 52.5 Å². The molecule has 0 radical (unpaired) electrons. The third-order valence-electron chi connectivity index (χ3n) is 4.02. The maximum absolute atomic E-state index is 12.6. The summed E-state index contributed by atoms with van der Waals surface area (Å²) in [6.07, 6.45) is 2.76. The minimum Gasteiger partial charge on any atom is -0.312 e. The smallest absolute Gasteiger partial charge is 0.262 e. The van der Waals surface area contributed by atoms with Gasteiger partial charge in [-0.15, -0.1) is 11.3 Å². The first kappa shape index (κ1) is 17.4. The van der Waals surface area contributed by atoms with Gasteiger partial charge in [-0.3, -0.25) is 9.52 Å². The number of aromatic amines is 1. The molecule has 0 aliphatic heterocycles. The fourth-order valence-electron chi connectivity index (χ4n) is 2.80. The molecule has 0 saturated carbocycles. The van der Waals surface area contributed by atoms with Gasteiger partial charge in [0.05, 0.1) is 18.2 Å². The van der Waals surface area contributed by atoms with Crippen LogP contribution in [0.3, 0.4) is 0 Å². The molecule has 0 aliphatic carbocycles. The van der Waals surface area contributed by atoms with Crippen molar-refractivity contribution in [3.63, 3.8) is 0 Å². The molecule has 0 atom stereocenters. The lowest BCUT2D eigenvalue weighted by molar-refractivity contribution is 0.601. The molecule has 10 heteroatoms. The second-order valence-electron chi connectivity index (χ2n) is 5.96. The summed E-state index contributed by atoms with van der Waals surface area (Å²) in [7, 11) is -3.65. The van der Waals surface area contributed by atoms with Crippen LogP contribution in [0.5, 0.6) is 0 Å². The first-order valence-corrected chi connectivity index (χ1v) is 10.3. The fourth-order valence-corrected chi connectivity index (χ4v) is 5.41. The molecule has 0 saturated heterocycles. The molecular weight excluding hydrogens is 386 g/mol. The van der Waals surface area contributed by atoms with Crippen LogP contribution < -0.4 is 10.3 Å². The molecule has 3 aromatic heterocycles. The zero-order chi connectivity index (χ0) is 19.2. The monoisotopic (exact) mass is 401 g/mol. The van der Waals surface area contributed by atoms with Crippen molar-refractivity contribution in [2.24, 2.45) is 0 Å². The zero-order valence-corrected chi connectivity index (χ0v) is 16.1. The maximum atomic E-state index is 12.6. The molecule has 138 valence electrons. The van der Waals surface area contributed by atoms with Gasteiger partial charge in [0.15, 0.2) is 5.65 Å². The van der Waals surface area contributed by atoms with Crippen molar-refractivity contribution in [3.8, 4) is 5.69 Å². The first-order valence-electron chi connectivity index (χ1n) is 7.97. The van der Waals surface area contributed by atoms with Crippen molar-refractivity contribution in [1.82, 2.24) is 19.7 Å². The van der Waals surface area contributed by atoms with E-state index in [1.807, 2.05) is 6.92 Å². The molecule has 4 rings (SSSR count). The van der Waals surface area contributed by atoms with Crippen molar-refractivity contribution in [2.45, 2.75) is 18.7 Å². The van der Waals surface area contributed by atoms with Gasteiger partial charge < -0.3 is 4.98 Å². The van der Waals surface area contributed by atoms with Crippen molar-refractivity contribution >= 4 is 38.1 Å². The van der Waals surface area contributed by atoms with Gasteiger partial charge in [0, 0.05) is 15.4 Å². The number of sulfonamides is 1. The number of hydrogen-bond donors (Lipinski definition) is 2. The number of hydrogen-bond acceptors (Lipinski definition) is 6. The molecule has 8 nitrogen and oxygen atoms in total. The molecule has 0 unspecified atom stereocenters. The number of fused-ring (bicyclic) bond motifs is 1. The molecule has 0 fully saturated rings. The quantitative estimate of drug-likeness (QED) is 0.546. The Morgan fingerprint density at radius 2 is 1.93 bits per heavy atom. The van der Waals surface area contributed by atoms with E-state index in [1.54, 1.807) is 37.3 Å². The lowest BCUT2D eigenvalue weighted by Gasteiger charge is -2.09. The van der Waals surface area contributed by atoms with Crippen LogP contribution in [0.1, 0.15) is 9.75 Å². The summed E-state index contributed by atoms with van der Waals surface area (Å²) < 4.78 is 29.3. The highest BCUT2D eigenvalue weighted by Gasteiger charge is 2.19. The van der Waals surface area contributed by atoms with Gasteiger partial charge in [-0.25, -0.2) is 18.1 Å². The topological polar surface area (TPSA) is 110 Å². The van der Waals surface area contributed by atoms with E-state index in [0.717, 1.165) is 9.75 Å². The van der Waals surface area contributed by atoms with E-state index in [2.05, 4.69) is 19.8 Å². The van der Waals surface area contributed by atoms with Crippen molar-refractivity contribution < 1.29 is 8.42 Å². The van der Waals surface area contributed by atoms with E-state index in [-0.39, 0.29) is 10.5 Å². The van der Waals surface area contributed by atoms with Gasteiger partial charge in [-0.1, -0.05) is 0 Å². The molecule has 0 aliphatic rings. The Hall–Kier alpha value is -2.98. The summed E-state index contributed by atoms with van der Waals surface area (Å²) in [5.41, 5.74) is 1.26. The summed E-state index contributed by atoms with van der Waals surface area (Å²) in [4.78, 5) is 20.4. The summed E-state index contributed by atoms with van der Waals surface area (Å²) >= 11 is 1.44. The van der Waals surface area contributed by atoms with Crippen LogP contribution in [0.25, 0.3) is 16.7 Å². The average Bonchev–Trinajstić information content (AvgIpc) is 3.20. The van der Waals surface area contributed by atoms with Crippen LogP contribution >= 0.6 is 11.3 Å². The molecule has 0 amide bonds. The fraction of sp³-hybridized carbons (Fsp3) is 0.118. The Morgan fingerprint density at radius 1 is 1.19 bits per heavy atom. The average molecular weight is 401 g/mol. The number of aromatic nitrogens is 4. The van der Waals surface area contributed by atoms with Crippen molar-refractivity contribution in [1.29, 1.82) is 0 Å². The van der Waals surface area contributed by atoms with Crippen LogP contribution in [0, 0.1) is 13.8 Å². The summed E-state index contributed by atoms with van der Waals surface area (Å²) in [5, 5.41) is 4.57. The first-order chi connectivity index (χ1) is 12.8. The number of anilines is 1. The van der Waals surface area contributed by atoms with Crippen LogP contribution in [0.4, 0.5) is 5.69 Å². The Kier molecular flexibility index (Phi) is 4.08. The molecule has 3 heterocycles. The standard InChI is InChI=1S/C17H15N5O3S2/c1-10-7-15(11(2)26-10)27(24,25)21-12-3-5-13(6-4-12)22-16-14(8-20-22)17(23)19-9-18-16/h3-9,21H,1-2H3,(H,18,19,23). The Balaban J connectivity index is 1.65. The lowest BCUT2D eigenvalue weighted by atomic mass is 10.3. The normalized spacial score (nSPS) is 11.8. The Labute approximate surface area is 158 Å². The van der Waals surface area contributed by atoms with Crippen LogP contribution in [-0.2, 0) is 10.0 Å². The van der Waals surface area contributed by atoms with Gasteiger partial charge in [-0.05, 0) is 44.2 Å². The molecule has 1 aromatic carbocycles. The molecule has 0 bridgehead atoms. The number of nitrogens with one attached hydrogen (secondary N) is 2. The van der Waals surface area contributed by atoms with E-state index in [4.69, 9.17) is 0 Å². The van der Waals surface area contributed by atoms with Gasteiger partial charge in [0.25, 0.3) is 15.6 Å². The SMILES string of the molecule is Cc1cc(S(=O)(=O)Nc2ccc(-n3ncc4c(=O)[nH]cnc43)cc2)c(C)s1. The van der Waals surface area contributed by atoms with E-state index in [0.29, 0.717) is 22.4 Å². The number of nitrogens with zero attached hydrogens (tertiary/aromatic N) is 3. The molecule has 27 heavy (non-hydrogen) atoms. The second kappa shape index (κ2) is 6.32. The van der Waals surface area contributed by atoms with E-state index in [1.165, 1.54) is 28.5 Å². The number of thiophene rings is 1. The predicted molar refractivity (Wildman–Crippen MR) is 104 cm³/mol. The Morgan fingerprint density at radius 3 is 2.59 bits per heavy atom. The highest BCUT2D eigenvalue weighted by atomic mass is 32.2. The predicted octanol–water partition coefficient (Wildman–Crippen LogP) is 2.59. The Bertz CT molecular complexity index is 1300. The van der Waals surface area contributed by atoms with Gasteiger partial charge in [-0.2, -0.15) is 5.10 Å². The number of benzene rings is 1. The highest BCUT2D eigenvalue weighted by molar-refractivity contribution is 7.93. The number of aryl methyl sites for hydroxylation is 2. The summed E-state index contributed by atoms with van der Waals surface area (Å²) in [5.74, 6) is 0. The molecular formula is C17H15N5O3S2. The van der Waals surface area contributed by atoms with Gasteiger partial charge in [0.2, 0.25) is 0 Å². The van der Waals surface area contributed by atoms with Gasteiger partial charge in [0.1, 0.15) is 10.3 Å². The second-order valence-corrected chi connectivity index (χ2v) is 9.07. The van der Waals surface area contributed by atoms with Crippen LogP contribution in [0.2, 0.25) is 0 Å². The summed E-state index contributed by atoms with van der Waals surface area (Å²) in [6.45, 7) is 3.66. The van der Waals surface area contributed by atoms with E-state index in [9.17, 15) is 13.2 Å². The molecule has 2 N–H and O–H groups in total. The molecule has 4 aromatic rings. The van der Waals surface area contributed by atoms with Crippen molar-refractivity contribution in [2.75, 3.05) is 4.72 Å². The zero-order valence-electron chi connectivity index (χ0n) is 14.4. The largest absolute Gasteiger partial charge is 0.312 e. The third kappa shape index (κ3) is 3.13. The summed E-state index contributed by atoms with van der Waals surface area (Å²) in [6, 6.07) is 8.36. The maximum Gasteiger partial charge on any atom is 0.262 e. The third-order valence-corrected chi connectivity index (χ3v) is 6.62. The van der Waals surface area contributed by atoms with Gasteiger partial charge >= 0.3 is 0 Å².